The van der Waals surface area contributed by atoms with Crippen LogP contribution in [0.1, 0.15) is 16.0 Å². The fraction of sp³-hybridized carbons (Fsp3) is 0.227. The number of thiophene rings is 1. The van der Waals surface area contributed by atoms with Gasteiger partial charge in [0.2, 0.25) is 5.91 Å². The Morgan fingerprint density at radius 1 is 0.926 bits per heavy atom. The molecule has 2 aromatic carbocycles. The molecular formula is C22H23NO3S. The van der Waals surface area contributed by atoms with Gasteiger partial charge in [0, 0.05) is 17.0 Å². The Labute approximate surface area is 164 Å². The molecule has 5 heteroatoms. The maximum Gasteiger partial charge on any atom is 0.227 e. The summed E-state index contributed by atoms with van der Waals surface area (Å²) in [4.78, 5) is 16.1. The number of carbonyl (C=O) groups is 1. The van der Waals surface area contributed by atoms with E-state index in [1.54, 1.807) is 25.6 Å². The van der Waals surface area contributed by atoms with Gasteiger partial charge in [0.05, 0.1) is 27.2 Å². The zero-order valence-corrected chi connectivity index (χ0v) is 16.4. The highest BCUT2D eigenvalue weighted by Crippen LogP contribution is 2.22. The Morgan fingerprint density at radius 3 is 2.37 bits per heavy atom. The van der Waals surface area contributed by atoms with Gasteiger partial charge in [-0.3, -0.25) is 4.79 Å². The van der Waals surface area contributed by atoms with Crippen LogP contribution in [0.3, 0.4) is 0 Å². The topological polar surface area (TPSA) is 38.8 Å². The minimum Gasteiger partial charge on any atom is -0.497 e. The molecule has 0 aliphatic carbocycles. The predicted molar refractivity (Wildman–Crippen MR) is 108 cm³/mol. The monoisotopic (exact) mass is 381 g/mol. The van der Waals surface area contributed by atoms with Crippen molar-refractivity contribution in [2.75, 3.05) is 14.2 Å². The van der Waals surface area contributed by atoms with Gasteiger partial charge in [0.25, 0.3) is 0 Å². The van der Waals surface area contributed by atoms with Crippen LogP contribution < -0.4 is 9.47 Å². The molecule has 0 bridgehead atoms. The van der Waals surface area contributed by atoms with Crippen LogP contribution in [0.15, 0.2) is 66.0 Å². The number of amides is 1. The molecule has 0 N–H and O–H groups in total. The van der Waals surface area contributed by atoms with Crippen molar-refractivity contribution in [3.63, 3.8) is 0 Å². The first-order valence-electron chi connectivity index (χ1n) is 8.74. The Morgan fingerprint density at radius 2 is 1.70 bits per heavy atom. The Hall–Kier alpha value is -2.79. The minimum absolute atomic E-state index is 0.0828. The third-order valence-electron chi connectivity index (χ3n) is 4.35. The second-order valence-electron chi connectivity index (χ2n) is 6.17. The summed E-state index contributed by atoms with van der Waals surface area (Å²) in [5.41, 5.74) is 1.97. The number of methoxy groups -OCH3 is 2. The highest BCUT2D eigenvalue weighted by molar-refractivity contribution is 7.09. The Bertz CT molecular complexity index is 860. The lowest BCUT2D eigenvalue weighted by Gasteiger charge is -2.23. The van der Waals surface area contributed by atoms with Crippen LogP contribution in [-0.4, -0.2) is 25.0 Å². The van der Waals surface area contributed by atoms with Crippen molar-refractivity contribution < 1.29 is 14.3 Å². The van der Waals surface area contributed by atoms with Gasteiger partial charge in [-0.1, -0.05) is 36.4 Å². The fourth-order valence-electron chi connectivity index (χ4n) is 2.89. The molecule has 3 aromatic rings. The number of nitrogens with zero attached hydrogens (tertiary/aromatic N) is 1. The molecule has 0 aliphatic heterocycles. The normalized spacial score (nSPS) is 10.4. The maximum absolute atomic E-state index is 13.1. The largest absolute Gasteiger partial charge is 0.497 e. The van der Waals surface area contributed by atoms with Gasteiger partial charge >= 0.3 is 0 Å². The summed E-state index contributed by atoms with van der Waals surface area (Å²) in [7, 11) is 3.29. The zero-order valence-electron chi connectivity index (χ0n) is 15.6. The summed E-state index contributed by atoms with van der Waals surface area (Å²) < 4.78 is 10.6. The van der Waals surface area contributed by atoms with Gasteiger partial charge in [-0.15, -0.1) is 11.3 Å². The lowest BCUT2D eigenvalue weighted by molar-refractivity contribution is -0.131. The summed E-state index contributed by atoms with van der Waals surface area (Å²) in [5.74, 6) is 1.67. The van der Waals surface area contributed by atoms with Crippen molar-refractivity contribution in [3.8, 4) is 11.5 Å². The highest BCUT2D eigenvalue weighted by atomic mass is 32.1. The molecule has 0 atom stereocenters. The standard InChI is InChI=1S/C22H23NO3S/c1-25-19-11-9-17(10-12-19)14-22(24)23(16-20-7-5-13-27-20)15-18-6-3-4-8-21(18)26-2/h3-13H,14-16H2,1-2H3. The molecule has 1 heterocycles. The first kappa shape index (κ1) is 19.0. The van der Waals surface area contributed by atoms with Crippen LogP contribution in [0.2, 0.25) is 0 Å². The molecule has 3 rings (SSSR count). The van der Waals surface area contributed by atoms with Gasteiger partial charge < -0.3 is 14.4 Å². The van der Waals surface area contributed by atoms with E-state index in [4.69, 9.17) is 9.47 Å². The molecule has 0 spiro atoms. The Balaban J connectivity index is 1.78. The number of hydrogen-bond donors (Lipinski definition) is 0. The lowest BCUT2D eigenvalue weighted by Crippen LogP contribution is -2.31. The zero-order chi connectivity index (χ0) is 19.1. The van der Waals surface area contributed by atoms with Crippen LogP contribution in [0, 0.1) is 0 Å². The van der Waals surface area contributed by atoms with E-state index in [0.717, 1.165) is 27.5 Å². The van der Waals surface area contributed by atoms with Crippen LogP contribution in [0.25, 0.3) is 0 Å². The number of hydrogen-bond acceptors (Lipinski definition) is 4. The number of benzene rings is 2. The molecular weight excluding hydrogens is 358 g/mol. The van der Waals surface area contributed by atoms with Gasteiger partial charge in [0.15, 0.2) is 0 Å². The summed E-state index contributed by atoms with van der Waals surface area (Å²) in [6, 6.07) is 19.5. The maximum atomic E-state index is 13.1. The molecule has 0 saturated heterocycles. The smallest absolute Gasteiger partial charge is 0.227 e. The molecule has 0 radical (unpaired) electrons. The van der Waals surface area contributed by atoms with Gasteiger partial charge in [0.1, 0.15) is 11.5 Å². The van der Waals surface area contributed by atoms with Crippen LogP contribution in [0.5, 0.6) is 11.5 Å². The predicted octanol–water partition coefficient (Wildman–Crippen LogP) is 4.54. The molecule has 1 amide bonds. The van der Waals surface area contributed by atoms with E-state index in [-0.39, 0.29) is 5.91 Å². The van der Waals surface area contributed by atoms with Crippen molar-refractivity contribution >= 4 is 17.2 Å². The van der Waals surface area contributed by atoms with Crippen molar-refractivity contribution in [1.29, 1.82) is 0 Å². The summed E-state index contributed by atoms with van der Waals surface area (Å²) in [5, 5.41) is 2.03. The molecule has 140 valence electrons. The average Bonchev–Trinajstić information content (AvgIpc) is 3.21. The van der Waals surface area contributed by atoms with Crippen molar-refractivity contribution in [3.05, 3.63) is 82.0 Å². The Kier molecular flexibility index (Phi) is 6.49. The third kappa shape index (κ3) is 5.11. The number of para-hydroxylation sites is 1. The summed E-state index contributed by atoms with van der Waals surface area (Å²) in [6.45, 7) is 1.10. The van der Waals surface area contributed by atoms with E-state index < -0.39 is 0 Å². The van der Waals surface area contributed by atoms with E-state index in [1.807, 2.05) is 64.9 Å². The van der Waals surface area contributed by atoms with E-state index in [9.17, 15) is 4.79 Å². The number of carbonyl (C=O) groups excluding carboxylic acids is 1. The van der Waals surface area contributed by atoms with Crippen molar-refractivity contribution in [2.24, 2.45) is 0 Å². The highest BCUT2D eigenvalue weighted by Gasteiger charge is 2.17. The van der Waals surface area contributed by atoms with Gasteiger partial charge in [-0.05, 0) is 35.2 Å². The van der Waals surface area contributed by atoms with Gasteiger partial charge in [-0.2, -0.15) is 0 Å². The van der Waals surface area contributed by atoms with Crippen molar-refractivity contribution in [1.82, 2.24) is 4.90 Å². The first-order valence-corrected chi connectivity index (χ1v) is 9.62. The van der Waals surface area contributed by atoms with Crippen molar-refractivity contribution in [2.45, 2.75) is 19.5 Å². The summed E-state index contributed by atoms with van der Waals surface area (Å²) in [6.07, 6.45) is 0.352. The lowest BCUT2D eigenvalue weighted by atomic mass is 10.1. The van der Waals surface area contributed by atoms with Crippen LogP contribution in [-0.2, 0) is 24.3 Å². The molecule has 4 nitrogen and oxygen atoms in total. The molecule has 0 fully saturated rings. The van der Waals surface area contributed by atoms with E-state index in [0.29, 0.717) is 19.5 Å². The van der Waals surface area contributed by atoms with Crippen LogP contribution in [0.4, 0.5) is 0 Å². The first-order chi connectivity index (χ1) is 13.2. The van der Waals surface area contributed by atoms with Crippen LogP contribution >= 0.6 is 11.3 Å². The average molecular weight is 381 g/mol. The number of rotatable bonds is 8. The van der Waals surface area contributed by atoms with E-state index in [1.165, 1.54) is 0 Å². The second-order valence-corrected chi connectivity index (χ2v) is 7.20. The third-order valence-corrected chi connectivity index (χ3v) is 5.21. The molecule has 27 heavy (non-hydrogen) atoms. The van der Waals surface area contributed by atoms with E-state index >= 15 is 0 Å². The van der Waals surface area contributed by atoms with Gasteiger partial charge in [-0.25, -0.2) is 0 Å². The summed E-state index contributed by atoms with van der Waals surface area (Å²) >= 11 is 1.66. The molecule has 1 aromatic heterocycles. The minimum atomic E-state index is 0.0828. The quantitative estimate of drug-likeness (QED) is 0.575. The van der Waals surface area contributed by atoms with E-state index in [2.05, 4.69) is 6.07 Å². The molecule has 0 unspecified atom stereocenters. The number of ether oxygens (including phenoxy) is 2. The second kappa shape index (κ2) is 9.24. The SMILES string of the molecule is COc1ccc(CC(=O)N(Cc2cccs2)Cc2ccccc2OC)cc1. The fourth-order valence-corrected chi connectivity index (χ4v) is 3.61. The molecule has 0 aliphatic rings. The molecule has 0 saturated carbocycles.